The predicted molar refractivity (Wildman–Crippen MR) is 86.2 cm³/mol. The molecule has 2 aliphatic heterocycles. The standard InChI is InChI=1S/C17H15N5O3/c1-25-10-4-5-12-11(7-10)17(24)21-6-2-3-13(21)15-14(16(23)19-8-18)20-9-22(12)15/h4-5,7,9,13H,2-3,6H2,1H3,(H,19,23)/t13-/m0/s1. The van der Waals surface area contributed by atoms with E-state index in [2.05, 4.69) is 10.3 Å². The number of hydrogen-bond donors (Lipinski definition) is 1. The average Bonchev–Trinajstić information content (AvgIpc) is 3.25. The molecule has 0 aliphatic carbocycles. The molecular weight excluding hydrogens is 322 g/mol. The molecule has 8 heteroatoms. The molecule has 1 fully saturated rings. The van der Waals surface area contributed by atoms with Crippen molar-refractivity contribution in [2.45, 2.75) is 18.9 Å². The lowest BCUT2D eigenvalue weighted by atomic mass is 10.1. The molecule has 1 N–H and O–H groups in total. The van der Waals surface area contributed by atoms with Gasteiger partial charge in [0.25, 0.3) is 11.8 Å². The highest BCUT2D eigenvalue weighted by Crippen LogP contribution is 2.40. The number of nitriles is 1. The lowest BCUT2D eigenvalue weighted by Crippen LogP contribution is -2.31. The van der Waals surface area contributed by atoms with Gasteiger partial charge in [-0.15, -0.1) is 0 Å². The molecule has 0 spiro atoms. The number of imidazole rings is 1. The largest absolute Gasteiger partial charge is 0.497 e. The van der Waals surface area contributed by atoms with Crippen molar-refractivity contribution >= 4 is 11.8 Å². The van der Waals surface area contributed by atoms with Crippen molar-refractivity contribution in [1.29, 1.82) is 5.26 Å². The van der Waals surface area contributed by atoms with Crippen LogP contribution in [0.15, 0.2) is 24.5 Å². The number of rotatable bonds is 2. The molecule has 0 bridgehead atoms. The van der Waals surface area contributed by atoms with E-state index in [-0.39, 0.29) is 17.6 Å². The lowest BCUT2D eigenvalue weighted by Gasteiger charge is -2.22. The highest BCUT2D eigenvalue weighted by atomic mass is 16.5. The van der Waals surface area contributed by atoms with Gasteiger partial charge >= 0.3 is 0 Å². The van der Waals surface area contributed by atoms with Gasteiger partial charge in [-0.25, -0.2) is 4.98 Å². The quantitative estimate of drug-likeness (QED) is 0.659. The fourth-order valence-corrected chi connectivity index (χ4v) is 3.63. The van der Waals surface area contributed by atoms with Crippen LogP contribution in [-0.2, 0) is 0 Å². The third-order valence-electron chi connectivity index (χ3n) is 4.71. The van der Waals surface area contributed by atoms with Crippen LogP contribution in [0.4, 0.5) is 0 Å². The maximum absolute atomic E-state index is 13.0. The third-order valence-corrected chi connectivity index (χ3v) is 4.71. The zero-order valence-electron chi connectivity index (χ0n) is 13.5. The summed E-state index contributed by atoms with van der Waals surface area (Å²) in [6, 6.07) is 5.01. The van der Waals surface area contributed by atoms with Gasteiger partial charge in [-0.05, 0) is 31.0 Å². The Morgan fingerprint density at radius 1 is 1.48 bits per heavy atom. The molecule has 0 saturated carbocycles. The normalized spacial score (nSPS) is 17.8. The van der Waals surface area contributed by atoms with Gasteiger partial charge < -0.3 is 9.64 Å². The summed E-state index contributed by atoms with van der Waals surface area (Å²) in [7, 11) is 1.55. The molecule has 8 nitrogen and oxygen atoms in total. The van der Waals surface area contributed by atoms with E-state index >= 15 is 0 Å². The Kier molecular flexibility index (Phi) is 3.42. The van der Waals surface area contributed by atoms with Crippen molar-refractivity contribution in [3.8, 4) is 17.6 Å². The van der Waals surface area contributed by atoms with Crippen molar-refractivity contribution in [3.63, 3.8) is 0 Å². The van der Waals surface area contributed by atoms with Gasteiger partial charge in [0.15, 0.2) is 11.9 Å². The molecule has 4 rings (SSSR count). The van der Waals surface area contributed by atoms with E-state index in [0.717, 1.165) is 12.8 Å². The summed E-state index contributed by atoms with van der Waals surface area (Å²) < 4.78 is 7.02. The molecule has 3 heterocycles. The summed E-state index contributed by atoms with van der Waals surface area (Å²) in [4.78, 5) is 31.3. The number of methoxy groups -OCH3 is 1. The number of ether oxygens (including phenoxy) is 1. The molecule has 1 aromatic carbocycles. The fourth-order valence-electron chi connectivity index (χ4n) is 3.63. The Morgan fingerprint density at radius 3 is 3.08 bits per heavy atom. The minimum absolute atomic E-state index is 0.0910. The van der Waals surface area contributed by atoms with Gasteiger partial charge in [0.1, 0.15) is 12.1 Å². The summed E-state index contributed by atoms with van der Waals surface area (Å²) in [5, 5.41) is 10.9. The van der Waals surface area contributed by atoms with Gasteiger partial charge in [0.05, 0.1) is 30.1 Å². The van der Waals surface area contributed by atoms with E-state index in [9.17, 15) is 9.59 Å². The first kappa shape index (κ1) is 15.2. The summed E-state index contributed by atoms with van der Waals surface area (Å²) in [6.45, 7) is 0.616. The van der Waals surface area contributed by atoms with Crippen molar-refractivity contribution in [1.82, 2.24) is 19.8 Å². The van der Waals surface area contributed by atoms with Gasteiger partial charge in [-0.2, -0.15) is 5.26 Å². The van der Waals surface area contributed by atoms with Crippen molar-refractivity contribution in [2.75, 3.05) is 13.7 Å². The summed E-state index contributed by atoms with van der Waals surface area (Å²) in [5.41, 5.74) is 1.98. The number of aromatic nitrogens is 2. The van der Waals surface area contributed by atoms with E-state index in [0.29, 0.717) is 29.2 Å². The zero-order chi connectivity index (χ0) is 17.6. The van der Waals surface area contributed by atoms with Crippen LogP contribution >= 0.6 is 0 Å². The second-order valence-electron chi connectivity index (χ2n) is 5.95. The molecule has 0 unspecified atom stereocenters. The van der Waals surface area contributed by atoms with Crippen LogP contribution in [0.1, 0.15) is 45.4 Å². The topological polar surface area (TPSA) is 100 Å². The van der Waals surface area contributed by atoms with Crippen LogP contribution in [0.3, 0.4) is 0 Å². The minimum Gasteiger partial charge on any atom is -0.497 e. The highest BCUT2D eigenvalue weighted by Gasteiger charge is 2.40. The number of carbonyl (C=O) groups is 2. The molecule has 25 heavy (non-hydrogen) atoms. The second-order valence-corrected chi connectivity index (χ2v) is 5.95. The summed E-state index contributed by atoms with van der Waals surface area (Å²) in [6.07, 6.45) is 4.76. The molecule has 2 aliphatic rings. The maximum Gasteiger partial charge on any atom is 0.284 e. The average molecular weight is 337 g/mol. The Balaban J connectivity index is 1.96. The monoisotopic (exact) mass is 337 g/mol. The fraction of sp³-hybridized carbons (Fsp3) is 0.294. The lowest BCUT2D eigenvalue weighted by molar-refractivity contribution is 0.0735. The molecule has 1 atom stereocenters. The smallest absolute Gasteiger partial charge is 0.284 e. The maximum atomic E-state index is 13.0. The number of carbonyl (C=O) groups excluding carboxylic acids is 2. The minimum atomic E-state index is -0.562. The molecule has 2 amide bonds. The first-order chi connectivity index (χ1) is 12.2. The number of amides is 2. The number of hydrogen-bond acceptors (Lipinski definition) is 5. The molecule has 126 valence electrons. The molecule has 1 aromatic heterocycles. The first-order valence-electron chi connectivity index (χ1n) is 7.91. The Bertz CT molecular complexity index is 927. The Labute approximate surface area is 143 Å². The van der Waals surface area contributed by atoms with Crippen LogP contribution in [0.2, 0.25) is 0 Å². The zero-order valence-corrected chi connectivity index (χ0v) is 13.5. The molecule has 2 aromatic rings. The van der Waals surface area contributed by atoms with E-state index in [4.69, 9.17) is 10.00 Å². The van der Waals surface area contributed by atoms with E-state index in [1.54, 1.807) is 41.0 Å². The van der Waals surface area contributed by atoms with Crippen molar-refractivity contribution in [3.05, 3.63) is 41.5 Å². The highest BCUT2D eigenvalue weighted by molar-refractivity contribution is 6.00. The predicted octanol–water partition coefficient (Wildman–Crippen LogP) is 1.38. The number of nitrogens with one attached hydrogen (secondary N) is 1. The van der Waals surface area contributed by atoms with Crippen LogP contribution in [-0.4, -0.2) is 39.9 Å². The van der Waals surface area contributed by atoms with Crippen molar-refractivity contribution in [2.24, 2.45) is 0 Å². The van der Waals surface area contributed by atoms with Crippen LogP contribution < -0.4 is 10.1 Å². The van der Waals surface area contributed by atoms with Gasteiger partial charge in [-0.3, -0.25) is 19.5 Å². The number of nitrogens with zero attached hydrogens (tertiary/aromatic N) is 4. The van der Waals surface area contributed by atoms with Gasteiger partial charge in [0.2, 0.25) is 0 Å². The summed E-state index contributed by atoms with van der Waals surface area (Å²) in [5.74, 6) is -0.0619. The van der Waals surface area contributed by atoms with E-state index in [1.807, 2.05) is 0 Å². The van der Waals surface area contributed by atoms with E-state index in [1.165, 1.54) is 6.33 Å². The molecule has 0 radical (unpaired) electrons. The summed E-state index contributed by atoms with van der Waals surface area (Å²) >= 11 is 0. The Morgan fingerprint density at radius 2 is 2.32 bits per heavy atom. The number of benzene rings is 1. The van der Waals surface area contributed by atoms with Crippen LogP contribution in [0.5, 0.6) is 5.75 Å². The second kappa shape index (κ2) is 5.63. The molecular formula is C17H15N5O3. The Hall–Kier alpha value is -3.34. The third kappa shape index (κ3) is 2.16. The SMILES string of the molecule is COc1ccc2c(c1)C(=O)N1CCC[C@H]1c1c(C(=O)NC#N)ncn1-2. The molecule has 1 saturated heterocycles. The first-order valence-corrected chi connectivity index (χ1v) is 7.91. The number of fused-ring (bicyclic) bond motifs is 5. The van der Waals surface area contributed by atoms with E-state index < -0.39 is 5.91 Å². The van der Waals surface area contributed by atoms with Gasteiger partial charge in [-0.1, -0.05) is 0 Å². The van der Waals surface area contributed by atoms with Gasteiger partial charge in [0, 0.05) is 6.54 Å². The van der Waals surface area contributed by atoms with Crippen LogP contribution in [0.25, 0.3) is 5.69 Å². The van der Waals surface area contributed by atoms with Crippen molar-refractivity contribution < 1.29 is 14.3 Å². The van der Waals surface area contributed by atoms with Crippen LogP contribution in [0, 0.1) is 11.5 Å².